The molecule has 0 spiro atoms. The Morgan fingerprint density at radius 3 is 2.59 bits per heavy atom. The van der Waals surface area contributed by atoms with Crippen LogP contribution in [0.15, 0.2) is 70.5 Å². The van der Waals surface area contributed by atoms with Crippen molar-refractivity contribution < 1.29 is 9.53 Å². The predicted octanol–water partition coefficient (Wildman–Crippen LogP) is 2.59. The number of carbonyl (C=O) groups excluding carboxylic acids is 1. The van der Waals surface area contributed by atoms with Crippen LogP contribution in [0.1, 0.15) is 28.8 Å². The molecule has 0 amide bonds. The van der Waals surface area contributed by atoms with E-state index >= 15 is 0 Å². The summed E-state index contributed by atoms with van der Waals surface area (Å²) in [7, 11) is 1.34. The molecule has 0 aliphatic heterocycles. The van der Waals surface area contributed by atoms with E-state index in [9.17, 15) is 14.4 Å². The molecule has 0 radical (unpaired) electrons. The quantitative estimate of drug-likeness (QED) is 0.439. The summed E-state index contributed by atoms with van der Waals surface area (Å²) < 4.78 is 9.37. The number of para-hydroxylation sites is 1. The van der Waals surface area contributed by atoms with Crippen LogP contribution in [0.3, 0.4) is 0 Å². The Balaban J connectivity index is 1.68. The number of benzene rings is 2. The molecule has 0 N–H and O–H groups in total. The SMILES string of the molecule is COC(=O)c1cccc(Cn2cnc3c2c(=O)n(CC2CC2)c(=O)n3-c2ccccc2)c1. The van der Waals surface area contributed by atoms with Crippen LogP contribution in [0.25, 0.3) is 16.9 Å². The third-order valence-electron chi connectivity index (χ3n) is 5.75. The number of ether oxygens (including phenoxy) is 1. The lowest BCUT2D eigenvalue weighted by Crippen LogP contribution is -2.40. The molecular formula is C24H22N4O4. The van der Waals surface area contributed by atoms with Gasteiger partial charge in [0.25, 0.3) is 5.56 Å². The molecule has 32 heavy (non-hydrogen) atoms. The van der Waals surface area contributed by atoms with Crippen LogP contribution in [0.2, 0.25) is 0 Å². The molecule has 8 heteroatoms. The standard InChI is InChI=1S/C24H22N4O4/c1-32-23(30)18-7-5-6-17(12-18)13-26-15-25-21-20(26)22(29)27(14-16-10-11-16)24(31)28(21)19-8-3-2-4-9-19/h2-9,12,15-16H,10-11,13-14H2,1H3. The maximum Gasteiger partial charge on any atom is 0.337 e. The third-order valence-corrected chi connectivity index (χ3v) is 5.75. The first kappa shape index (κ1) is 20.0. The predicted molar refractivity (Wildman–Crippen MR) is 119 cm³/mol. The molecule has 1 aliphatic carbocycles. The van der Waals surface area contributed by atoms with E-state index in [4.69, 9.17) is 4.74 Å². The van der Waals surface area contributed by atoms with Crippen molar-refractivity contribution in [2.24, 2.45) is 5.92 Å². The number of hydrogen-bond acceptors (Lipinski definition) is 5. The van der Waals surface area contributed by atoms with E-state index in [1.807, 2.05) is 36.4 Å². The lowest BCUT2D eigenvalue weighted by Gasteiger charge is -2.12. The number of hydrogen-bond donors (Lipinski definition) is 0. The first-order valence-corrected chi connectivity index (χ1v) is 10.5. The number of fused-ring (bicyclic) bond motifs is 1. The normalized spacial score (nSPS) is 13.4. The number of esters is 1. The molecule has 5 rings (SSSR count). The van der Waals surface area contributed by atoms with Gasteiger partial charge < -0.3 is 9.30 Å². The van der Waals surface area contributed by atoms with E-state index in [2.05, 4.69) is 4.98 Å². The summed E-state index contributed by atoms with van der Waals surface area (Å²) in [4.78, 5) is 43.1. The second-order valence-corrected chi connectivity index (χ2v) is 8.05. The highest BCUT2D eigenvalue weighted by atomic mass is 16.5. The van der Waals surface area contributed by atoms with Crippen LogP contribution in [0, 0.1) is 5.92 Å². The highest BCUT2D eigenvalue weighted by Crippen LogP contribution is 2.30. The van der Waals surface area contributed by atoms with Gasteiger partial charge in [0.15, 0.2) is 11.2 Å². The molecule has 2 heterocycles. The average Bonchev–Trinajstić information content (AvgIpc) is 3.55. The zero-order valence-electron chi connectivity index (χ0n) is 17.6. The molecule has 1 saturated carbocycles. The molecule has 2 aromatic heterocycles. The largest absolute Gasteiger partial charge is 0.465 e. The molecule has 2 aromatic carbocycles. The van der Waals surface area contributed by atoms with Crippen molar-refractivity contribution in [1.29, 1.82) is 0 Å². The summed E-state index contributed by atoms with van der Waals surface area (Å²) in [6, 6.07) is 16.3. The van der Waals surface area contributed by atoms with Gasteiger partial charge in [0.1, 0.15) is 0 Å². The van der Waals surface area contributed by atoms with Gasteiger partial charge in [0, 0.05) is 13.1 Å². The average molecular weight is 430 g/mol. The van der Waals surface area contributed by atoms with Crippen LogP contribution >= 0.6 is 0 Å². The van der Waals surface area contributed by atoms with E-state index in [-0.39, 0.29) is 11.2 Å². The van der Waals surface area contributed by atoms with Crippen molar-refractivity contribution in [2.45, 2.75) is 25.9 Å². The van der Waals surface area contributed by atoms with Crippen LogP contribution in [0.4, 0.5) is 0 Å². The zero-order valence-corrected chi connectivity index (χ0v) is 17.6. The fourth-order valence-electron chi connectivity index (χ4n) is 3.94. The molecule has 0 atom stereocenters. The van der Waals surface area contributed by atoms with Crippen molar-refractivity contribution in [3.8, 4) is 5.69 Å². The van der Waals surface area contributed by atoms with Crippen molar-refractivity contribution >= 4 is 17.1 Å². The molecule has 4 aromatic rings. The van der Waals surface area contributed by atoms with Gasteiger partial charge in [-0.1, -0.05) is 30.3 Å². The van der Waals surface area contributed by atoms with Gasteiger partial charge in [-0.2, -0.15) is 0 Å². The number of carbonyl (C=O) groups is 1. The van der Waals surface area contributed by atoms with Crippen LogP contribution in [-0.4, -0.2) is 31.8 Å². The number of methoxy groups -OCH3 is 1. The van der Waals surface area contributed by atoms with E-state index in [1.165, 1.54) is 16.2 Å². The summed E-state index contributed by atoms with van der Waals surface area (Å²) in [5.74, 6) is -0.0674. The number of rotatable bonds is 6. The molecule has 1 fully saturated rings. The van der Waals surface area contributed by atoms with Gasteiger partial charge in [-0.3, -0.25) is 9.36 Å². The van der Waals surface area contributed by atoms with E-state index in [0.717, 1.165) is 18.4 Å². The highest BCUT2D eigenvalue weighted by Gasteiger charge is 2.26. The minimum Gasteiger partial charge on any atom is -0.465 e. The number of imidazole rings is 1. The summed E-state index contributed by atoms with van der Waals surface area (Å²) in [5, 5.41) is 0. The maximum atomic E-state index is 13.4. The Bertz CT molecular complexity index is 1430. The van der Waals surface area contributed by atoms with Crippen LogP contribution < -0.4 is 11.2 Å². The van der Waals surface area contributed by atoms with Gasteiger partial charge in [0.05, 0.1) is 24.7 Å². The first-order valence-electron chi connectivity index (χ1n) is 10.5. The lowest BCUT2D eigenvalue weighted by molar-refractivity contribution is 0.0600. The minimum absolute atomic E-state index is 0.322. The fraction of sp³-hybridized carbons (Fsp3) is 0.250. The summed E-state index contributed by atoms with van der Waals surface area (Å²) in [6.45, 7) is 0.733. The molecule has 0 bridgehead atoms. The van der Waals surface area contributed by atoms with E-state index < -0.39 is 5.97 Å². The van der Waals surface area contributed by atoms with E-state index in [0.29, 0.717) is 41.4 Å². The Hall–Kier alpha value is -3.94. The fourth-order valence-corrected chi connectivity index (χ4v) is 3.94. The van der Waals surface area contributed by atoms with E-state index in [1.54, 1.807) is 29.1 Å². The van der Waals surface area contributed by atoms with Gasteiger partial charge in [-0.05, 0) is 48.6 Å². The number of nitrogens with zero attached hydrogens (tertiary/aromatic N) is 4. The molecule has 8 nitrogen and oxygen atoms in total. The topological polar surface area (TPSA) is 88.1 Å². The smallest absolute Gasteiger partial charge is 0.337 e. The molecule has 0 saturated heterocycles. The van der Waals surface area contributed by atoms with Crippen molar-refractivity contribution in [1.82, 2.24) is 18.7 Å². The Kier molecular flexibility index (Phi) is 4.97. The monoisotopic (exact) mass is 430 g/mol. The van der Waals surface area contributed by atoms with Gasteiger partial charge in [0.2, 0.25) is 0 Å². The summed E-state index contributed by atoms with van der Waals surface area (Å²) >= 11 is 0. The molecule has 1 aliphatic rings. The zero-order chi connectivity index (χ0) is 22.2. The molecule has 0 unspecified atom stereocenters. The van der Waals surface area contributed by atoms with Gasteiger partial charge >= 0.3 is 11.7 Å². The van der Waals surface area contributed by atoms with Crippen molar-refractivity contribution in [3.63, 3.8) is 0 Å². The third kappa shape index (κ3) is 3.53. The molecular weight excluding hydrogens is 408 g/mol. The Morgan fingerprint density at radius 1 is 1.09 bits per heavy atom. The Labute approximate surface area is 183 Å². The summed E-state index contributed by atoms with van der Waals surface area (Å²) in [6.07, 6.45) is 3.61. The first-order chi connectivity index (χ1) is 15.6. The maximum absolute atomic E-state index is 13.4. The van der Waals surface area contributed by atoms with Crippen molar-refractivity contribution in [3.05, 3.63) is 92.9 Å². The van der Waals surface area contributed by atoms with Crippen LogP contribution in [-0.2, 0) is 17.8 Å². The van der Waals surface area contributed by atoms with Crippen molar-refractivity contribution in [2.75, 3.05) is 7.11 Å². The summed E-state index contributed by atoms with van der Waals surface area (Å²) in [5.41, 5.74) is 1.87. The second-order valence-electron chi connectivity index (χ2n) is 8.05. The minimum atomic E-state index is -0.424. The lowest BCUT2D eigenvalue weighted by atomic mass is 10.1. The Morgan fingerprint density at radius 2 is 1.88 bits per heavy atom. The molecule has 162 valence electrons. The van der Waals surface area contributed by atoms with Gasteiger partial charge in [-0.25, -0.2) is 19.1 Å². The second kappa shape index (κ2) is 7.96. The van der Waals surface area contributed by atoms with Crippen LogP contribution in [0.5, 0.6) is 0 Å². The van der Waals surface area contributed by atoms with Gasteiger partial charge in [-0.15, -0.1) is 0 Å². The number of aromatic nitrogens is 4. The highest BCUT2D eigenvalue weighted by molar-refractivity contribution is 5.89.